The Kier molecular flexibility index (Phi) is 6.96. The molecule has 1 saturated carbocycles. The van der Waals surface area contributed by atoms with E-state index in [0.29, 0.717) is 17.8 Å². The van der Waals surface area contributed by atoms with Crippen molar-refractivity contribution in [1.29, 1.82) is 0 Å². The molecule has 166 valence electrons. The summed E-state index contributed by atoms with van der Waals surface area (Å²) in [6, 6.07) is 14.3. The van der Waals surface area contributed by atoms with Crippen molar-refractivity contribution in [3.63, 3.8) is 0 Å². The van der Waals surface area contributed by atoms with Gasteiger partial charge in [0.1, 0.15) is 10.7 Å². The summed E-state index contributed by atoms with van der Waals surface area (Å²) in [7, 11) is 0. The standard InChI is InChI=1S/C24H23BrClN3O3/c25-17-5-4-6-18(13-17)28-22(30)16-11-9-15(10-12-16)14-27-21-20(26)23(31)29(24(21)32)19-7-2-1-3-8-19/h4-6,9-13,19,27H,1-3,7-8,14H2,(H,28,30). The van der Waals surface area contributed by atoms with E-state index in [4.69, 9.17) is 11.6 Å². The van der Waals surface area contributed by atoms with Gasteiger partial charge < -0.3 is 10.6 Å². The van der Waals surface area contributed by atoms with Crippen LogP contribution >= 0.6 is 27.5 Å². The second-order valence-electron chi connectivity index (χ2n) is 7.98. The first-order valence-corrected chi connectivity index (χ1v) is 11.8. The maximum absolute atomic E-state index is 12.8. The van der Waals surface area contributed by atoms with E-state index in [1.54, 1.807) is 24.3 Å². The van der Waals surface area contributed by atoms with Crippen molar-refractivity contribution in [1.82, 2.24) is 10.2 Å². The summed E-state index contributed by atoms with van der Waals surface area (Å²) < 4.78 is 0.881. The molecule has 0 unspecified atom stereocenters. The number of carbonyl (C=O) groups excluding carboxylic acids is 3. The summed E-state index contributed by atoms with van der Waals surface area (Å²) in [5, 5.41) is 5.82. The molecule has 0 spiro atoms. The molecule has 8 heteroatoms. The number of benzene rings is 2. The Morgan fingerprint density at radius 3 is 2.44 bits per heavy atom. The molecule has 1 aliphatic carbocycles. The van der Waals surface area contributed by atoms with Crippen molar-refractivity contribution in [2.75, 3.05) is 5.32 Å². The molecule has 2 N–H and O–H groups in total. The zero-order valence-corrected chi connectivity index (χ0v) is 19.7. The summed E-state index contributed by atoms with van der Waals surface area (Å²) in [6.45, 7) is 0.316. The van der Waals surface area contributed by atoms with Crippen molar-refractivity contribution >= 4 is 50.9 Å². The highest BCUT2D eigenvalue weighted by atomic mass is 79.9. The molecule has 1 heterocycles. The maximum atomic E-state index is 12.8. The smallest absolute Gasteiger partial charge is 0.278 e. The minimum absolute atomic E-state index is 0.0504. The Bertz CT molecular complexity index is 1080. The third-order valence-electron chi connectivity index (χ3n) is 5.77. The normalized spacial score (nSPS) is 17.1. The zero-order valence-electron chi connectivity index (χ0n) is 17.4. The van der Waals surface area contributed by atoms with Crippen molar-refractivity contribution in [3.05, 3.63) is 74.9 Å². The van der Waals surface area contributed by atoms with Crippen LogP contribution in [-0.4, -0.2) is 28.7 Å². The monoisotopic (exact) mass is 515 g/mol. The second kappa shape index (κ2) is 9.88. The molecule has 0 atom stereocenters. The number of halogens is 2. The minimum atomic E-state index is -0.411. The Labute approximate surface area is 200 Å². The predicted molar refractivity (Wildman–Crippen MR) is 127 cm³/mol. The van der Waals surface area contributed by atoms with E-state index >= 15 is 0 Å². The number of anilines is 1. The van der Waals surface area contributed by atoms with Gasteiger partial charge in [-0.2, -0.15) is 0 Å². The Hall–Kier alpha value is -2.64. The first kappa shape index (κ1) is 22.6. The highest BCUT2D eigenvalue weighted by molar-refractivity contribution is 9.10. The fourth-order valence-electron chi connectivity index (χ4n) is 4.08. The molecule has 3 amide bonds. The van der Waals surface area contributed by atoms with Crippen molar-refractivity contribution in [3.8, 4) is 0 Å². The van der Waals surface area contributed by atoms with Crippen molar-refractivity contribution < 1.29 is 14.4 Å². The van der Waals surface area contributed by atoms with Gasteiger partial charge in [0.25, 0.3) is 17.7 Å². The maximum Gasteiger partial charge on any atom is 0.278 e. The fourth-order valence-corrected chi connectivity index (χ4v) is 4.72. The van der Waals surface area contributed by atoms with Crippen LogP contribution in [0.3, 0.4) is 0 Å². The highest BCUT2D eigenvalue weighted by Gasteiger charge is 2.41. The summed E-state index contributed by atoms with van der Waals surface area (Å²) in [5.41, 5.74) is 2.22. The number of hydrogen-bond donors (Lipinski definition) is 2. The van der Waals surface area contributed by atoms with Gasteiger partial charge in [-0.15, -0.1) is 0 Å². The Morgan fingerprint density at radius 2 is 1.75 bits per heavy atom. The average molecular weight is 517 g/mol. The highest BCUT2D eigenvalue weighted by Crippen LogP contribution is 2.30. The van der Waals surface area contributed by atoms with E-state index in [1.165, 1.54) is 4.90 Å². The number of imide groups is 1. The van der Waals surface area contributed by atoms with Gasteiger partial charge in [-0.1, -0.05) is 65.0 Å². The van der Waals surface area contributed by atoms with Gasteiger partial charge in [0.05, 0.1) is 0 Å². The largest absolute Gasteiger partial charge is 0.375 e. The van der Waals surface area contributed by atoms with Gasteiger partial charge in [0, 0.05) is 28.3 Å². The first-order chi connectivity index (χ1) is 15.4. The van der Waals surface area contributed by atoms with Crippen LogP contribution in [0.2, 0.25) is 0 Å². The number of carbonyl (C=O) groups is 3. The molecule has 0 bridgehead atoms. The number of rotatable bonds is 6. The lowest BCUT2D eigenvalue weighted by Crippen LogP contribution is -2.43. The molecule has 1 fully saturated rings. The van der Waals surface area contributed by atoms with E-state index < -0.39 is 5.91 Å². The Morgan fingerprint density at radius 1 is 1.03 bits per heavy atom. The van der Waals surface area contributed by atoms with Gasteiger partial charge in [-0.3, -0.25) is 19.3 Å². The van der Waals surface area contributed by atoms with Gasteiger partial charge >= 0.3 is 0 Å². The van der Waals surface area contributed by atoms with Crippen LogP contribution in [0.4, 0.5) is 5.69 Å². The first-order valence-electron chi connectivity index (χ1n) is 10.6. The van der Waals surface area contributed by atoms with E-state index in [1.807, 2.05) is 24.3 Å². The van der Waals surface area contributed by atoms with Crippen molar-refractivity contribution in [2.45, 2.75) is 44.7 Å². The molecular formula is C24H23BrClN3O3. The molecule has 2 aromatic rings. The lowest BCUT2D eigenvalue weighted by atomic mass is 9.94. The van der Waals surface area contributed by atoms with Crippen LogP contribution < -0.4 is 10.6 Å². The van der Waals surface area contributed by atoms with E-state index in [9.17, 15) is 14.4 Å². The van der Waals surface area contributed by atoms with Crippen LogP contribution in [-0.2, 0) is 16.1 Å². The number of nitrogens with one attached hydrogen (secondary N) is 2. The summed E-state index contributed by atoms with van der Waals surface area (Å²) >= 11 is 9.59. The van der Waals surface area contributed by atoms with Gasteiger partial charge in [-0.25, -0.2) is 0 Å². The van der Waals surface area contributed by atoms with Crippen LogP contribution in [0.1, 0.15) is 48.0 Å². The molecule has 2 aliphatic rings. The molecule has 32 heavy (non-hydrogen) atoms. The lowest BCUT2D eigenvalue weighted by Gasteiger charge is -2.29. The SMILES string of the molecule is O=C(Nc1cccc(Br)c1)c1ccc(CNC2=C(Cl)C(=O)N(C3CCCCC3)C2=O)cc1. The van der Waals surface area contributed by atoms with E-state index in [2.05, 4.69) is 26.6 Å². The lowest BCUT2D eigenvalue weighted by molar-refractivity contribution is -0.140. The molecule has 1 aliphatic heterocycles. The Balaban J connectivity index is 1.37. The fraction of sp³-hybridized carbons (Fsp3) is 0.292. The molecular weight excluding hydrogens is 494 g/mol. The average Bonchev–Trinajstić information content (AvgIpc) is 3.01. The zero-order chi connectivity index (χ0) is 22.7. The van der Waals surface area contributed by atoms with Gasteiger partial charge in [0.15, 0.2) is 0 Å². The van der Waals surface area contributed by atoms with Crippen LogP contribution in [0.5, 0.6) is 0 Å². The minimum Gasteiger partial charge on any atom is -0.375 e. The number of nitrogens with zero attached hydrogens (tertiary/aromatic N) is 1. The number of amides is 3. The second-order valence-corrected chi connectivity index (χ2v) is 9.27. The van der Waals surface area contributed by atoms with E-state index in [0.717, 1.165) is 42.1 Å². The van der Waals surface area contributed by atoms with Gasteiger partial charge in [-0.05, 0) is 48.7 Å². The third kappa shape index (κ3) is 4.89. The van der Waals surface area contributed by atoms with E-state index in [-0.39, 0.29) is 28.6 Å². The molecule has 0 aromatic heterocycles. The third-order valence-corrected chi connectivity index (χ3v) is 6.61. The predicted octanol–water partition coefficient (Wildman–Crippen LogP) is 4.94. The van der Waals surface area contributed by atoms with Crippen LogP contribution in [0, 0.1) is 0 Å². The molecule has 0 saturated heterocycles. The topological polar surface area (TPSA) is 78.5 Å². The summed E-state index contributed by atoms with van der Waals surface area (Å²) in [5.74, 6) is -0.976. The summed E-state index contributed by atoms with van der Waals surface area (Å²) in [4.78, 5) is 39.2. The molecule has 0 radical (unpaired) electrons. The van der Waals surface area contributed by atoms with Gasteiger partial charge in [0.2, 0.25) is 0 Å². The molecule has 2 aromatic carbocycles. The number of hydrogen-bond acceptors (Lipinski definition) is 4. The summed E-state index contributed by atoms with van der Waals surface area (Å²) in [6.07, 6.45) is 4.83. The van der Waals surface area contributed by atoms with Crippen LogP contribution in [0.15, 0.2) is 63.7 Å². The quantitative estimate of drug-likeness (QED) is 0.533. The molecule has 6 nitrogen and oxygen atoms in total. The van der Waals surface area contributed by atoms with Crippen molar-refractivity contribution in [2.24, 2.45) is 0 Å². The molecule has 4 rings (SSSR count). The van der Waals surface area contributed by atoms with Crippen LogP contribution in [0.25, 0.3) is 0 Å².